The molecule has 1 amide bonds. The lowest BCUT2D eigenvalue weighted by Crippen LogP contribution is -2.43. The summed E-state index contributed by atoms with van der Waals surface area (Å²) >= 11 is 0. The van der Waals surface area contributed by atoms with Crippen LogP contribution < -0.4 is 5.32 Å². The third kappa shape index (κ3) is 5.20. The van der Waals surface area contributed by atoms with Gasteiger partial charge in [0.15, 0.2) is 0 Å². The molecule has 0 radical (unpaired) electrons. The molecule has 0 aromatic heterocycles. The van der Waals surface area contributed by atoms with Crippen molar-refractivity contribution in [3.63, 3.8) is 0 Å². The van der Waals surface area contributed by atoms with E-state index in [1.165, 1.54) is 0 Å². The molecule has 2 atom stereocenters. The van der Waals surface area contributed by atoms with Gasteiger partial charge < -0.3 is 14.8 Å². The van der Waals surface area contributed by atoms with Crippen LogP contribution in [0.5, 0.6) is 0 Å². The zero-order valence-corrected chi connectivity index (χ0v) is 11.0. The lowest BCUT2D eigenvalue weighted by atomic mass is 9.96. The summed E-state index contributed by atoms with van der Waals surface area (Å²) in [6, 6.07) is -0.0650. The zero-order valence-electron chi connectivity index (χ0n) is 11.0. The Morgan fingerprint density at radius 3 is 2.47 bits per heavy atom. The van der Waals surface area contributed by atoms with Gasteiger partial charge in [-0.3, -0.25) is 0 Å². The molecule has 17 heavy (non-hydrogen) atoms. The number of nitrogens with one attached hydrogen (secondary N) is 1. The fraction of sp³-hybridized carbons (Fsp3) is 0.846. The first-order valence-electron chi connectivity index (χ1n) is 6.37. The van der Waals surface area contributed by atoms with Crippen LogP contribution >= 0.6 is 0 Å². The van der Waals surface area contributed by atoms with Crippen LogP contribution in [0.4, 0.5) is 4.79 Å². The molecular weight excluding hydrogens is 218 g/mol. The molecule has 1 N–H and O–H groups in total. The van der Waals surface area contributed by atoms with Crippen molar-refractivity contribution in [3.05, 3.63) is 0 Å². The van der Waals surface area contributed by atoms with E-state index in [1.54, 1.807) is 0 Å². The van der Waals surface area contributed by atoms with E-state index in [4.69, 9.17) is 4.74 Å². The summed E-state index contributed by atoms with van der Waals surface area (Å²) in [5, 5.41) is 2.82. The summed E-state index contributed by atoms with van der Waals surface area (Å²) in [5.74, 6) is -0.0648. The second kappa shape index (κ2) is 6.03. The molecule has 0 aromatic carbocycles. The first kappa shape index (κ1) is 14.0. The third-order valence-corrected chi connectivity index (χ3v) is 2.95. The lowest BCUT2D eigenvalue weighted by molar-refractivity contribution is -0.112. The number of aldehydes is 1. The van der Waals surface area contributed by atoms with Crippen molar-refractivity contribution in [3.8, 4) is 0 Å². The molecule has 4 heteroatoms. The van der Waals surface area contributed by atoms with E-state index in [-0.39, 0.29) is 12.0 Å². The number of carbonyl (C=O) groups excluding carboxylic acids is 2. The predicted octanol–water partition coefficient (Wildman–Crippen LogP) is 2.66. The van der Waals surface area contributed by atoms with Crippen molar-refractivity contribution in [1.29, 1.82) is 0 Å². The maximum absolute atomic E-state index is 11.7. The summed E-state index contributed by atoms with van der Waals surface area (Å²) in [5.41, 5.74) is -0.495. The SMILES string of the molecule is CC(C)(C)OC(=O)NC1CCCCCC1C=O. The van der Waals surface area contributed by atoms with Gasteiger partial charge in [-0.15, -0.1) is 0 Å². The van der Waals surface area contributed by atoms with Gasteiger partial charge in [-0.05, 0) is 33.6 Å². The highest BCUT2D eigenvalue weighted by Crippen LogP contribution is 2.22. The van der Waals surface area contributed by atoms with Gasteiger partial charge in [0.2, 0.25) is 0 Å². The molecule has 1 aliphatic carbocycles. The normalized spacial score (nSPS) is 25.8. The Bertz CT molecular complexity index is 270. The van der Waals surface area contributed by atoms with Gasteiger partial charge in [0.05, 0.1) is 0 Å². The summed E-state index contributed by atoms with van der Waals surface area (Å²) in [6.07, 6.45) is 5.54. The van der Waals surface area contributed by atoms with E-state index >= 15 is 0 Å². The summed E-state index contributed by atoms with van der Waals surface area (Å²) in [7, 11) is 0. The molecule has 1 rings (SSSR count). The Balaban J connectivity index is 2.52. The molecule has 1 saturated carbocycles. The molecule has 0 heterocycles. The van der Waals surface area contributed by atoms with Crippen molar-refractivity contribution < 1.29 is 14.3 Å². The number of ether oxygens (including phenoxy) is 1. The minimum atomic E-state index is -0.495. The van der Waals surface area contributed by atoms with Crippen molar-refractivity contribution in [1.82, 2.24) is 5.32 Å². The Morgan fingerprint density at radius 2 is 1.88 bits per heavy atom. The first-order valence-corrected chi connectivity index (χ1v) is 6.37. The summed E-state index contributed by atoms with van der Waals surface area (Å²) in [6.45, 7) is 5.49. The van der Waals surface area contributed by atoms with Crippen LogP contribution in [0.2, 0.25) is 0 Å². The number of alkyl carbamates (subject to hydrolysis) is 1. The van der Waals surface area contributed by atoms with Gasteiger partial charge in [-0.1, -0.05) is 19.3 Å². The van der Waals surface area contributed by atoms with E-state index in [1.807, 2.05) is 20.8 Å². The molecule has 0 spiro atoms. The molecule has 0 aliphatic heterocycles. The van der Waals surface area contributed by atoms with E-state index in [0.29, 0.717) is 0 Å². The first-order chi connectivity index (χ1) is 7.92. The molecule has 1 fully saturated rings. The highest BCUT2D eigenvalue weighted by atomic mass is 16.6. The Labute approximate surface area is 103 Å². The van der Waals surface area contributed by atoms with Crippen molar-refractivity contribution in [2.24, 2.45) is 5.92 Å². The molecule has 2 unspecified atom stereocenters. The second-order valence-electron chi connectivity index (χ2n) is 5.69. The molecule has 0 aromatic rings. The van der Waals surface area contributed by atoms with Crippen LogP contribution in [0.25, 0.3) is 0 Å². The van der Waals surface area contributed by atoms with Crippen molar-refractivity contribution in [2.45, 2.75) is 64.5 Å². The van der Waals surface area contributed by atoms with Crippen LogP contribution in [0.1, 0.15) is 52.9 Å². The van der Waals surface area contributed by atoms with Gasteiger partial charge >= 0.3 is 6.09 Å². The fourth-order valence-electron chi connectivity index (χ4n) is 2.14. The maximum atomic E-state index is 11.7. The van der Waals surface area contributed by atoms with Crippen molar-refractivity contribution >= 4 is 12.4 Å². The number of rotatable bonds is 2. The van der Waals surface area contributed by atoms with Crippen LogP contribution in [-0.4, -0.2) is 24.0 Å². The molecular formula is C13H23NO3. The third-order valence-electron chi connectivity index (χ3n) is 2.95. The number of hydrogen-bond acceptors (Lipinski definition) is 3. The summed E-state index contributed by atoms with van der Waals surface area (Å²) < 4.78 is 5.21. The topological polar surface area (TPSA) is 55.4 Å². The largest absolute Gasteiger partial charge is 0.444 e. The van der Waals surface area contributed by atoms with Crippen molar-refractivity contribution in [2.75, 3.05) is 0 Å². The van der Waals surface area contributed by atoms with Crippen LogP contribution in [0, 0.1) is 5.92 Å². The fourth-order valence-corrected chi connectivity index (χ4v) is 2.14. The number of amides is 1. The predicted molar refractivity (Wildman–Crippen MR) is 65.8 cm³/mol. The summed E-state index contributed by atoms with van der Waals surface area (Å²) in [4.78, 5) is 22.6. The molecule has 0 saturated heterocycles. The molecule has 4 nitrogen and oxygen atoms in total. The maximum Gasteiger partial charge on any atom is 0.407 e. The van der Waals surface area contributed by atoms with E-state index < -0.39 is 11.7 Å². The minimum absolute atomic E-state index is 0.0648. The standard InChI is InChI=1S/C13H23NO3/c1-13(2,3)17-12(16)14-11-8-6-4-5-7-10(11)9-15/h9-11H,4-8H2,1-3H3,(H,14,16). The van der Waals surface area contributed by atoms with E-state index in [0.717, 1.165) is 38.4 Å². The van der Waals surface area contributed by atoms with Crippen LogP contribution in [0.3, 0.4) is 0 Å². The molecule has 1 aliphatic rings. The second-order valence-corrected chi connectivity index (χ2v) is 5.69. The van der Waals surface area contributed by atoms with E-state index in [2.05, 4.69) is 5.32 Å². The Hall–Kier alpha value is -1.06. The van der Waals surface area contributed by atoms with E-state index in [9.17, 15) is 9.59 Å². The highest BCUT2D eigenvalue weighted by molar-refractivity contribution is 5.69. The minimum Gasteiger partial charge on any atom is -0.444 e. The van der Waals surface area contributed by atoms with Crippen LogP contribution in [-0.2, 0) is 9.53 Å². The number of carbonyl (C=O) groups is 2. The van der Waals surface area contributed by atoms with Gasteiger partial charge in [0.1, 0.15) is 11.9 Å². The van der Waals surface area contributed by atoms with Gasteiger partial charge in [-0.25, -0.2) is 4.79 Å². The van der Waals surface area contributed by atoms with Gasteiger partial charge in [-0.2, -0.15) is 0 Å². The average Bonchev–Trinajstić information content (AvgIpc) is 2.39. The average molecular weight is 241 g/mol. The van der Waals surface area contributed by atoms with Gasteiger partial charge in [0.25, 0.3) is 0 Å². The molecule has 0 bridgehead atoms. The molecule has 98 valence electrons. The monoisotopic (exact) mass is 241 g/mol. The zero-order chi connectivity index (χ0) is 12.9. The number of hydrogen-bond donors (Lipinski definition) is 1. The van der Waals surface area contributed by atoms with Gasteiger partial charge in [0, 0.05) is 12.0 Å². The Morgan fingerprint density at radius 1 is 1.24 bits per heavy atom. The highest BCUT2D eigenvalue weighted by Gasteiger charge is 2.26. The lowest BCUT2D eigenvalue weighted by Gasteiger charge is -2.25. The quantitative estimate of drug-likeness (QED) is 0.597. The van der Waals surface area contributed by atoms with Crippen LogP contribution in [0.15, 0.2) is 0 Å². The smallest absolute Gasteiger partial charge is 0.407 e. The Kier molecular flexibility index (Phi) is 4.97.